The number of carbonyl (C=O) groups is 1. The van der Waals surface area contributed by atoms with Crippen molar-refractivity contribution in [2.75, 3.05) is 13.1 Å². The fraction of sp³-hybridized carbons (Fsp3) is 0.333. The normalized spacial score (nSPS) is 11.6. The number of rotatable bonds is 7. The number of amides is 1. The lowest BCUT2D eigenvalue weighted by atomic mass is 10.1. The van der Waals surface area contributed by atoms with Gasteiger partial charge in [-0.2, -0.15) is 13.2 Å². The molecular formula is C18H21F4IN4O2. The SMILES string of the molecule is CCNC(=NCc1ccc(F)cc1C(F)(F)F)NCC(=O)NCc1ccco1.I. The number of alkyl halides is 3. The Hall–Kier alpha value is -2.31. The van der Waals surface area contributed by atoms with Crippen LogP contribution >= 0.6 is 24.0 Å². The summed E-state index contributed by atoms with van der Waals surface area (Å²) in [4.78, 5) is 15.9. The highest BCUT2D eigenvalue weighted by atomic mass is 127. The Morgan fingerprint density at radius 3 is 2.55 bits per heavy atom. The number of halogens is 5. The molecule has 11 heteroatoms. The third kappa shape index (κ3) is 8.30. The second-order valence-corrected chi connectivity index (χ2v) is 5.70. The Kier molecular flexibility index (Phi) is 9.92. The Morgan fingerprint density at radius 1 is 1.17 bits per heavy atom. The van der Waals surface area contributed by atoms with E-state index in [4.69, 9.17) is 4.42 Å². The predicted molar refractivity (Wildman–Crippen MR) is 110 cm³/mol. The van der Waals surface area contributed by atoms with E-state index in [1.807, 2.05) is 0 Å². The van der Waals surface area contributed by atoms with E-state index in [-0.39, 0.29) is 61.0 Å². The van der Waals surface area contributed by atoms with Gasteiger partial charge in [-0.25, -0.2) is 9.38 Å². The van der Waals surface area contributed by atoms with Gasteiger partial charge >= 0.3 is 6.18 Å². The maximum atomic E-state index is 13.2. The van der Waals surface area contributed by atoms with Gasteiger partial charge in [-0.05, 0) is 36.8 Å². The first kappa shape index (κ1) is 24.7. The topological polar surface area (TPSA) is 78.7 Å². The van der Waals surface area contributed by atoms with Gasteiger partial charge in [0.05, 0.1) is 31.5 Å². The maximum absolute atomic E-state index is 13.2. The molecule has 1 aromatic carbocycles. The number of hydrogen-bond acceptors (Lipinski definition) is 3. The maximum Gasteiger partial charge on any atom is 0.416 e. The number of guanidine groups is 1. The van der Waals surface area contributed by atoms with Gasteiger partial charge in [0.1, 0.15) is 11.6 Å². The van der Waals surface area contributed by atoms with E-state index in [0.717, 1.165) is 12.1 Å². The molecule has 1 aromatic heterocycles. The van der Waals surface area contributed by atoms with E-state index in [9.17, 15) is 22.4 Å². The van der Waals surface area contributed by atoms with Gasteiger partial charge in [-0.15, -0.1) is 24.0 Å². The molecule has 0 bridgehead atoms. The summed E-state index contributed by atoms with van der Waals surface area (Å²) >= 11 is 0. The molecule has 0 aliphatic carbocycles. The van der Waals surface area contributed by atoms with E-state index in [0.29, 0.717) is 18.4 Å². The number of benzene rings is 1. The molecule has 2 rings (SSSR count). The quantitative estimate of drug-likeness (QED) is 0.223. The summed E-state index contributed by atoms with van der Waals surface area (Å²) in [5.74, 6) is -0.573. The lowest BCUT2D eigenvalue weighted by Crippen LogP contribution is -2.43. The summed E-state index contributed by atoms with van der Waals surface area (Å²) in [7, 11) is 0. The molecule has 6 nitrogen and oxygen atoms in total. The molecule has 0 aliphatic heterocycles. The zero-order valence-corrected chi connectivity index (χ0v) is 17.8. The van der Waals surface area contributed by atoms with Gasteiger partial charge in [0, 0.05) is 6.54 Å². The van der Waals surface area contributed by atoms with Crippen LogP contribution in [0.1, 0.15) is 23.8 Å². The fourth-order valence-electron chi connectivity index (χ4n) is 2.28. The summed E-state index contributed by atoms with van der Waals surface area (Å²) in [6.07, 6.45) is -3.20. The van der Waals surface area contributed by atoms with Crippen molar-refractivity contribution >= 4 is 35.8 Å². The van der Waals surface area contributed by atoms with Gasteiger partial charge in [0.2, 0.25) is 5.91 Å². The van der Waals surface area contributed by atoms with Crippen LogP contribution in [-0.4, -0.2) is 25.0 Å². The molecule has 1 amide bonds. The number of nitrogens with zero attached hydrogens (tertiary/aromatic N) is 1. The van der Waals surface area contributed by atoms with Crippen LogP contribution in [0.4, 0.5) is 17.6 Å². The molecule has 0 atom stereocenters. The van der Waals surface area contributed by atoms with Crippen LogP contribution in [0, 0.1) is 5.82 Å². The van der Waals surface area contributed by atoms with Gasteiger partial charge < -0.3 is 20.4 Å². The van der Waals surface area contributed by atoms with Crippen LogP contribution in [-0.2, 0) is 24.1 Å². The van der Waals surface area contributed by atoms with Gasteiger partial charge in [-0.3, -0.25) is 4.79 Å². The number of furan rings is 1. The average molecular weight is 528 g/mol. The molecule has 0 unspecified atom stereocenters. The Morgan fingerprint density at radius 2 is 1.93 bits per heavy atom. The van der Waals surface area contributed by atoms with E-state index in [1.54, 1.807) is 19.1 Å². The summed E-state index contributed by atoms with van der Waals surface area (Å²) < 4.78 is 57.4. The molecule has 3 N–H and O–H groups in total. The Bertz CT molecular complexity index is 811. The highest BCUT2D eigenvalue weighted by Crippen LogP contribution is 2.32. The molecule has 0 saturated carbocycles. The summed E-state index contributed by atoms with van der Waals surface area (Å²) in [5.41, 5.74) is -1.25. The first-order valence-corrected chi connectivity index (χ1v) is 8.46. The predicted octanol–water partition coefficient (Wildman–Crippen LogP) is 3.43. The minimum atomic E-state index is -4.69. The standard InChI is InChI=1S/C18H20F4N4O2.HI/c1-2-23-17(26-11-16(27)24-10-14-4-3-7-28-14)25-9-12-5-6-13(19)8-15(12)18(20,21)22;/h3-8H,2,9-11H2,1H3,(H,24,27)(H2,23,25,26);1H. The number of nitrogens with one attached hydrogen (secondary N) is 3. The molecule has 1 heterocycles. The van der Waals surface area contributed by atoms with Crippen LogP contribution in [0.5, 0.6) is 0 Å². The lowest BCUT2D eigenvalue weighted by molar-refractivity contribution is -0.138. The smallest absolute Gasteiger partial charge is 0.416 e. The first-order chi connectivity index (χ1) is 13.3. The third-order valence-electron chi connectivity index (χ3n) is 3.59. The molecule has 160 valence electrons. The summed E-state index contributed by atoms with van der Waals surface area (Å²) in [5, 5.41) is 8.19. The molecule has 0 spiro atoms. The number of hydrogen-bond donors (Lipinski definition) is 3. The Balaban J connectivity index is 0.00000420. The Labute approximate surface area is 182 Å². The van der Waals surface area contributed by atoms with Crippen molar-refractivity contribution in [2.45, 2.75) is 26.2 Å². The van der Waals surface area contributed by atoms with E-state index in [1.165, 1.54) is 6.26 Å². The van der Waals surface area contributed by atoms with Crippen LogP contribution in [0.25, 0.3) is 0 Å². The fourth-order valence-corrected chi connectivity index (χ4v) is 2.28. The average Bonchev–Trinajstić information content (AvgIpc) is 3.16. The molecule has 0 saturated heterocycles. The second kappa shape index (κ2) is 11.6. The molecular weight excluding hydrogens is 507 g/mol. The highest BCUT2D eigenvalue weighted by molar-refractivity contribution is 14.0. The second-order valence-electron chi connectivity index (χ2n) is 5.70. The van der Waals surface area contributed by atoms with Gasteiger partial charge in [-0.1, -0.05) is 6.07 Å². The first-order valence-electron chi connectivity index (χ1n) is 8.46. The molecule has 2 aromatic rings. The third-order valence-corrected chi connectivity index (χ3v) is 3.59. The van der Waals surface area contributed by atoms with Crippen molar-refractivity contribution < 1.29 is 26.8 Å². The van der Waals surface area contributed by atoms with E-state index < -0.39 is 17.6 Å². The van der Waals surface area contributed by atoms with E-state index >= 15 is 0 Å². The number of carbonyl (C=O) groups excluding carboxylic acids is 1. The monoisotopic (exact) mass is 528 g/mol. The van der Waals surface area contributed by atoms with Crippen molar-refractivity contribution in [3.05, 3.63) is 59.3 Å². The van der Waals surface area contributed by atoms with Crippen molar-refractivity contribution in [1.82, 2.24) is 16.0 Å². The van der Waals surface area contributed by atoms with Crippen LogP contribution < -0.4 is 16.0 Å². The van der Waals surface area contributed by atoms with Gasteiger partial charge in [0.15, 0.2) is 5.96 Å². The molecule has 0 aliphatic rings. The van der Waals surface area contributed by atoms with Crippen molar-refractivity contribution in [2.24, 2.45) is 4.99 Å². The molecule has 0 radical (unpaired) electrons. The largest absolute Gasteiger partial charge is 0.467 e. The zero-order chi connectivity index (χ0) is 20.6. The molecule has 0 fully saturated rings. The minimum Gasteiger partial charge on any atom is -0.467 e. The minimum absolute atomic E-state index is 0. The lowest BCUT2D eigenvalue weighted by Gasteiger charge is -2.14. The summed E-state index contributed by atoms with van der Waals surface area (Å²) in [6.45, 7) is 1.95. The van der Waals surface area contributed by atoms with Crippen LogP contribution in [0.3, 0.4) is 0 Å². The van der Waals surface area contributed by atoms with Crippen molar-refractivity contribution in [1.29, 1.82) is 0 Å². The van der Waals surface area contributed by atoms with Gasteiger partial charge in [0.25, 0.3) is 0 Å². The van der Waals surface area contributed by atoms with E-state index in [2.05, 4.69) is 20.9 Å². The van der Waals surface area contributed by atoms with Crippen LogP contribution in [0.15, 0.2) is 46.0 Å². The van der Waals surface area contributed by atoms with Crippen molar-refractivity contribution in [3.8, 4) is 0 Å². The van der Waals surface area contributed by atoms with Crippen molar-refractivity contribution in [3.63, 3.8) is 0 Å². The molecule has 29 heavy (non-hydrogen) atoms. The highest BCUT2D eigenvalue weighted by Gasteiger charge is 2.33. The summed E-state index contributed by atoms with van der Waals surface area (Å²) in [6, 6.07) is 5.83. The number of aliphatic imine (C=N–C) groups is 1. The van der Waals surface area contributed by atoms with Crippen LogP contribution in [0.2, 0.25) is 0 Å². The zero-order valence-electron chi connectivity index (χ0n) is 15.5.